The number of rotatable bonds is 7. The fraction of sp³-hybridized carbons (Fsp3) is 0.259. The summed E-state index contributed by atoms with van der Waals surface area (Å²) in [7, 11) is 4.30. The highest BCUT2D eigenvalue weighted by Crippen LogP contribution is 2.27. The largest absolute Gasteiger partial charge is 0.457 e. The van der Waals surface area contributed by atoms with E-state index in [0.717, 1.165) is 35.7 Å². The van der Waals surface area contributed by atoms with E-state index in [9.17, 15) is 0 Å². The molecule has 1 fully saturated rings. The second kappa shape index (κ2) is 9.46. The quantitative estimate of drug-likeness (QED) is 0.391. The Morgan fingerprint density at radius 2 is 1.73 bits per heavy atom. The first-order valence-corrected chi connectivity index (χ1v) is 11.3. The minimum absolute atomic E-state index is 0.542. The van der Waals surface area contributed by atoms with E-state index in [0.29, 0.717) is 24.2 Å². The van der Waals surface area contributed by atoms with E-state index < -0.39 is 0 Å². The lowest BCUT2D eigenvalue weighted by molar-refractivity contribution is 0.315. The number of likely N-dealkylation sites (N-methyl/N-ethyl adjacent to an activating group) is 1. The normalized spacial score (nSPS) is 15.8. The Balaban J connectivity index is 1.24. The van der Waals surface area contributed by atoms with Crippen LogP contribution in [0.1, 0.15) is 17.9 Å². The van der Waals surface area contributed by atoms with Crippen molar-refractivity contribution in [3.8, 4) is 23.0 Å². The smallest absolute Gasteiger partial charge is 0.247 e. The molecule has 0 N–H and O–H groups in total. The Kier molecular flexibility index (Phi) is 6.09. The zero-order valence-electron chi connectivity index (χ0n) is 19.0. The number of hydrogen-bond donors (Lipinski definition) is 0. The van der Waals surface area contributed by atoms with Gasteiger partial charge in [-0.2, -0.15) is 0 Å². The predicted octanol–water partition coefficient (Wildman–Crippen LogP) is 5.26. The van der Waals surface area contributed by atoms with Gasteiger partial charge in [-0.1, -0.05) is 30.3 Å². The molecule has 0 bridgehead atoms. The highest BCUT2D eigenvalue weighted by Gasteiger charge is 2.24. The maximum atomic E-state index is 5.96. The van der Waals surface area contributed by atoms with Crippen molar-refractivity contribution in [2.75, 3.05) is 32.1 Å². The number of benzene rings is 3. The van der Waals surface area contributed by atoms with Crippen LogP contribution < -0.4 is 9.64 Å². The summed E-state index contributed by atoms with van der Waals surface area (Å²) < 4.78 is 11.9. The van der Waals surface area contributed by atoms with E-state index in [2.05, 4.69) is 58.4 Å². The summed E-state index contributed by atoms with van der Waals surface area (Å²) in [6.45, 7) is 2.14. The van der Waals surface area contributed by atoms with Gasteiger partial charge < -0.3 is 19.0 Å². The van der Waals surface area contributed by atoms with Crippen LogP contribution in [0.15, 0.2) is 83.3 Å². The van der Waals surface area contributed by atoms with E-state index in [4.69, 9.17) is 9.15 Å². The number of aromatic nitrogens is 2. The van der Waals surface area contributed by atoms with Crippen LogP contribution in [0.4, 0.5) is 5.69 Å². The van der Waals surface area contributed by atoms with Crippen LogP contribution in [-0.2, 0) is 6.42 Å². The maximum absolute atomic E-state index is 5.96. The topological polar surface area (TPSA) is 54.6 Å². The van der Waals surface area contributed by atoms with Gasteiger partial charge in [-0.3, -0.25) is 0 Å². The maximum Gasteiger partial charge on any atom is 0.247 e. The molecule has 0 radical (unpaired) electrons. The van der Waals surface area contributed by atoms with Crippen molar-refractivity contribution in [1.29, 1.82) is 0 Å². The van der Waals surface area contributed by atoms with Crippen LogP contribution in [0.2, 0.25) is 0 Å². The number of hydrogen-bond acceptors (Lipinski definition) is 6. The zero-order chi connectivity index (χ0) is 22.6. The van der Waals surface area contributed by atoms with E-state index in [1.165, 1.54) is 12.1 Å². The molecule has 0 saturated carbocycles. The van der Waals surface area contributed by atoms with Crippen molar-refractivity contribution in [2.24, 2.45) is 0 Å². The number of ether oxygens (including phenoxy) is 1. The molecule has 168 valence electrons. The molecule has 1 aliphatic rings. The molecule has 4 aromatic rings. The molecule has 2 heterocycles. The second-order valence-electron chi connectivity index (χ2n) is 8.64. The van der Waals surface area contributed by atoms with Crippen LogP contribution in [0.5, 0.6) is 11.5 Å². The van der Waals surface area contributed by atoms with Gasteiger partial charge in [0.05, 0.1) is 6.42 Å². The molecule has 33 heavy (non-hydrogen) atoms. The fourth-order valence-corrected chi connectivity index (χ4v) is 4.17. The Morgan fingerprint density at radius 3 is 2.48 bits per heavy atom. The molecule has 0 spiro atoms. The predicted molar refractivity (Wildman–Crippen MR) is 130 cm³/mol. The molecule has 1 aliphatic heterocycles. The van der Waals surface area contributed by atoms with Crippen LogP contribution in [0.3, 0.4) is 0 Å². The first-order valence-electron chi connectivity index (χ1n) is 11.3. The van der Waals surface area contributed by atoms with Crippen molar-refractivity contribution >= 4 is 5.69 Å². The minimum atomic E-state index is 0.542. The van der Waals surface area contributed by atoms with Crippen LogP contribution in [0, 0.1) is 0 Å². The zero-order valence-corrected chi connectivity index (χ0v) is 19.0. The highest BCUT2D eigenvalue weighted by molar-refractivity contribution is 5.59. The minimum Gasteiger partial charge on any atom is -0.457 e. The fourth-order valence-electron chi connectivity index (χ4n) is 4.17. The molecule has 0 aliphatic carbocycles. The third-order valence-corrected chi connectivity index (χ3v) is 6.07. The molecule has 5 rings (SSSR count). The molecule has 6 nitrogen and oxygen atoms in total. The average Bonchev–Trinajstić information content (AvgIpc) is 3.51. The van der Waals surface area contributed by atoms with Gasteiger partial charge >= 0.3 is 0 Å². The Labute approximate surface area is 194 Å². The number of para-hydroxylation sites is 1. The molecule has 1 atom stereocenters. The average molecular weight is 441 g/mol. The van der Waals surface area contributed by atoms with E-state index in [1.807, 2.05) is 54.6 Å². The van der Waals surface area contributed by atoms with Crippen molar-refractivity contribution in [3.05, 3.63) is 90.3 Å². The van der Waals surface area contributed by atoms with Gasteiger partial charge in [0, 0.05) is 30.4 Å². The molecular formula is C27H28N4O2. The van der Waals surface area contributed by atoms with Gasteiger partial charge in [0.25, 0.3) is 0 Å². The van der Waals surface area contributed by atoms with Crippen molar-refractivity contribution in [1.82, 2.24) is 15.1 Å². The standard InChI is InChI=1S/C27H28N4O2/c1-30(2)23-15-16-31(19-23)22-13-11-21(12-14-22)27-29-28-26(33-27)18-20-7-6-10-25(17-20)32-24-8-4-3-5-9-24/h3-14,17,23H,15-16,18-19H2,1-2H3. The van der Waals surface area contributed by atoms with Crippen LogP contribution in [-0.4, -0.2) is 48.3 Å². The van der Waals surface area contributed by atoms with E-state index >= 15 is 0 Å². The molecule has 0 amide bonds. The molecule has 1 unspecified atom stereocenters. The SMILES string of the molecule is CN(C)C1CCN(c2ccc(-c3nnc(Cc4cccc(Oc5ccccc5)c4)o3)cc2)C1. The van der Waals surface area contributed by atoms with Crippen LogP contribution in [0.25, 0.3) is 11.5 Å². The molecule has 6 heteroatoms. The number of nitrogens with zero attached hydrogens (tertiary/aromatic N) is 4. The summed E-state index contributed by atoms with van der Waals surface area (Å²) in [5.74, 6) is 2.72. The Bertz CT molecular complexity index is 1190. The molecule has 1 aromatic heterocycles. The van der Waals surface area contributed by atoms with Gasteiger partial charge in [-0.05, 0) is 74.6 Å². The monoisotopic (exact) mass is 440 g/mol. The lowest BCUT2D eigenvalue weighted by Gasteiger charge is -2.21. The third-order valence-electron chi connectivity index (χ3n) is 6.07. The van der Waals surface area contributed by atoms with Crippen molar-refractivity contribution < 1.29 is 9.15 Å². The Morgan fingerprint density at radius 1 is 0.939 bits per heavy atom. The van der Waals surface area contributed by atoms with Gasteiger partial charge in [0.1, 0.15) is 11.5 Å². The first kappa shape index (κ1) is 21.2. The van der Waals surface area contributed by atoms with Crippen molar-refractivity contribution in [3.63, 3.8) is 0 Å². The molecular weight excluding hydrogens is 412 g/mol. The van der Waals surface area contributed by atoms with Crippen LogP contribution >= 0.6 is 0 Å². The lowest BCUT2D eigenvalue weighted by atomic mass is 10.1. The summed E-state index contributed by atoms with van der Waals surface area (Å²) in [6, 6.07) is 26.7. The summed E-state index contributed by atoms with van der Waals surface area (Å²) in [5, 5.41) is 8.52. The summed E-state index contributed by atoms with van der Waals surface area (Å²) in [4.78, 5) is 4.73. The highest BCUT2D eigenvalue weighted by atomic mass is 16.5. The van der Waals surface area contributed by atoms with Gasteiger partial charge in [-0.25, -0.2) is 0 Å². The first-order chi connectivity index (χ1) is 16.1. The van der Waals surface area contributed by atoms with E-state index in [1.54, 1.807) is 0 Å². The summed E-state index contributed by atoms with van der Waals surface area (Å²) >= 11 is 0. The second-order valence-corrected chi connectivity index (χ2v) is 8.64. The van der Waals surface area contributed by atoms with Gasteiger partial charge in [-0.15, -0.1) is 10.2 Å². The number of anilines is 1. The van der Waals surface area contributed by atoms with Crippen molar-refractivity contribution in [2.45, 2.75) is 18.9 Å². The van der Waals surface area contributed by atoms with E-state index in [-0.39, 0.29) is 0 Å². The summed E-state index contributed by atoms with van der Waals surface area (Å²) in [5.41, 5.74) is 3.22. The lowest BCUT2D eigenvalue weighted by Crippen LogP contribution is -2.31. The third kappa shape index (κ3) is 5.07. The molecule has 1 saturated heterocycles. The Hall–Kier alpha value is -3.64. The molecule has 3 aromatic carbocycles. The van der Waals surface area contributed by atoms with Gasteiger partial charge in [0.2, 0.25) is 11.8 Å². The van der Waals surface area contributed by atoms with Gasteiger partial charge in [0.15, 0.2) is 0 Å². The summed E-state index contributed by atoms with van der Waals surface area (Å²) in [6.07, 6.45) is 1.75.